The van der Waals surface area contributed by atoms with Gasteiger partial charge in [-0.25, -0.2) is 0 Å². The number of hydrogen-bond donors (Lipinski definition) is 2. The third-order valence-electron chi connectivity index (χ3n) is 4.66. The van der Waals surface area contributed by atoms with Gasteiger partial charge in [0.25, 0.3) is 0 Å². The van der Waals surface area contributed by atoms with Crippen LogP contribution in [0.2, 0.25) is 0 Å². The van der Waals surface area contributed by atoms with Crippen molar-refractivity contribution in [1.82, 2.24) is 10.6 Å². The van der Waals surface area contributed by atoms with Gasteiger partial charge in [-0.15, -0.1) is 0 Å². The molecule has 2 rings (SSSR count). The fourth-order valence-electron chi connectivity index (χ4n) is 3.01. The third-order valence-corrected chi connectivity index (χ3v) is 4.66. The molecule has 0 aliphatic carbocycles. The fourth-order valence-corrected chi connectivity index (χ4v) is 3.01. The molecule has 6 nitrogen and oxygen atoms in total. The van der Waals surface area contributed by atoms with Gasteiger partial charge in [0, 0.05) is 32.1 Å². The van der Waals surface area contributed by atoms with Crippen LogP contribution in [0.4, 0.5) is 0 Å². The quantitative estimate of drug-likeness (QED) is 0.505. The van der Waals surface area contributed by atoms with Crippen molar-refractivity contribution in [3.05, 3.63) is 53.6 Å². The molecule has 0 fully saturated rings. The van der Waals surface area contributed by atoms with E-state index in [1.165, 1.54) is 5.56 Å². The Balaban J connectivity index is 1.88. The van der Waals surface area contributed by atoms with Crippen LogP contribution in [-0.2, 0) is 17.8 Å². The Bertz CT molecular complexity index is 725. The summed E-state index contributed by atoms with van der Waals surface area (Å²) in [6, 6.07) is 14.2. The van der Waals surface area contributed by atoms with Gasteiger partial charge in [0.1, 0.15) is 17.2 Å². The van der Waals surface area contributed by atoms with E-state index in [2.05, 4.69) is 34.9 Å². The molecule has 0 heterocycles. The van der Waals surface area contributed by atoms with E-state index in [0.717, 1.165) is 42.9 Å². The Kier molecular flexibility index (Phi) is 9.86. The fraction of sp³-hybridized carbons (Fsp3) is 0.435. The first-order valence-corrected chi connectivity index (χ1v) is 10.0. The number of rotatable bonds is 13. The van der Waals surface area contributed by atoms with Crippen molar-refractivity contribution < 1.29 is 19.0 Å². The summed E-state index contributed by atoms with van der Waals surface area (Å²) in [5.41, 5.74) is 2.27. The Morgan fingerprint density at radius 3 is 2.31 bits per heavy atom. The highest BCUT2D eigenvalue weighted by Gasteiger charge is 2.13. The molecule has 0 radical (unpaired) electrons. The van der Waals surface area contributed by atoms with Gasteiger partial charge in [0.05, 0.1) is 26.4 Å². The molecule has 0 aliphatic heterocycles. The Morgan fingerprint density at radius 1 is 1.00 bits per heavy atom. The van der Waals surface area contributed by atoms with Gasteiger partial charge in [-0.1, -0.05) is 30.3 Å². The molecular weight excluding hydrogens is 368 g/mol. The number of unbranched alkanes of at least 4 members (excludes halogenated alkanes) is 1. The van der Waals surface area contributed by atoms with E-state index in [0.29, 0.717) is 25.3 Å². The molecule has 2 N–H and O–H groups in total. The van der Waals surface area contributed by atoms with Crippen LogP contribution in [-0.4, -0.2) is 40.3 Å². The highest BCUT2D eigenvalue weighted by molar-refractivity contribution is 5.75. The lowest BCUT2D eigenvalue weighted by Gasteiger charge is -2.16. The van der Waals surface area contributed by atoms with Crippen molar-refractivity contribution >= 4 is 5.91 Å². The van der Waals surface area contributed by atoms with Crippen LogP contribution in [0.15, 0.2) is 42.5 Å². The predicted molar refractivity (Wildman–Crippen MR) is 115 cm³/mol. The first-order chi connectivity index (χ1) is 14.2. The van der Waals surface area contributed by atoms with Gasteiger partial charge >= 0.3 is 0 Å². The van der Waals surface area contributed by atoms with Crippen molar-refractivity contribution in [2.75, 3.05) is 34.4 Å². The second-order valence-corrected chi connectivity index (χ2v) is 6.70. The molecule has 0 aromatic heterocycles. The van der Waals surface area contributed by atoms with Gasteiger partial charge in [0.2, 0.25) is 5.91 Å². The molecule has 0 saturated carbocycles. The molecule has 2 aromatic rings. The number of hydrogen-bond acceptors (Lipinski definition) is 5. The van der Waals surface area contributed by atoms with Gasteiger partial charge in [-0.3, -0.25) is 4.79 Å². The van der Waals surface area contributed by atoms with E-state index in [-0.39, 0.29) is 5.91 Å². The average Bonchev–Trinajstić information content (AvgIpc) is 2.76. The van der Waals surface area contributed by atoms with Gasteiger partial charge in [-0.05, 0) is 31.4 Å². The summed E-state index contributed by atoms with van der Waals surface area (Å²) in [5, 5.41) is 6.08. The average molecular weight is 401 g/mol. The highest BCUT2D eigenvalue weighted by atomic mass is 16.5. The maximum atomic E-state index is 11.2. The number of methoxy groups -OCH3 is 2. The molecule has 0 unspecified atom stereocenters. The van der Waals surface area contributed by atoms with Gasteiger partial charge < -0.3 is 24.8 Å². The normalized spacial score (nSPS) is 10.4. The monoisotopic (exact) mass is 400 g/mol. The van der Waals surface area contributed by atoms with Crippen molar-refractivity contribution in [1.29, 1.82) is 0 Å². The molecule has 0 bridgehead atoms. The van der Waals surface area contributed by atoms with Crippen LogP contribution in [0.25, 0.3) is 0 Å². The van der Waals surface area contributed by atoms with Gasteiger partial charge in [0.15, 0.2) is 0 Å². The molecule has 29 heavy (non-hydrogen) atoms. The first-order valence-electron chi connectivity index (χ1n) is 10.0. The zero-order chi connectivity index (χ0) is 20.9. The summed E-state index contributed by atoms with van der Waals surface area (Å²) in [7, 11) is 4.94. The smallest absolute Gasteiger partial charge is 0.219 e. The Labute approximate surface area is 173 Å². The lowest BCUT2D eigenvalue weighted by Crippen LogP contribution is -2.18. The van der Waals surface area contributed by atoms with Crippen LogP contribution in [0.1, 0.15) is 30.4 Å². The number of benzene rings is 2. The SMILES string of the molecule is CNC(=O)CCCCOc1cc(OC)c(CNCCc2ccccc2)c(OC)c1. The maximum absolute atomic E-state index is 11.2. The summed E-state index contributed by atoms with van der Waals surface area (Å²) in [5.74, 6) is 2.22. The van der Waals surface area contributed by atoms with Gasteiger partial charge in [-0.2, -0.15) is 0 Å². The molecule has 6 heteroatoms. The summed E-state index contributed by atoms with van der Waals surface area (Å²) in [6.07, 6.45) is 3.07. The van der Waals surface area contributed by atoms with Crippen molar-refractivity contribution in [2.45, 2.75) is 32.2 Å². The van der Waals surface area contributed by atoms with Crippen molar-refractivity contribution in [3.63, 3.8) is 0 Å². The van der Waals surface area contributed by atoms with E-state index in [1.807, 2.05) is 18.2 Å². The number of nitrogens with one attached hydrogen (secondary N) is 2. The number of amides is 1. The maximum Gasteiger partial charge on any atom is 0.219 e. The molecular formula is C23H32N2O4. The van der Waals surface area contributed by atoms with Crippen LogP contribution < -0.4 is 24.8 Å². The Hall–Kier alpha value is -2.73. The van der Waals surface area contributed by atoms with Crippen molar-refractivity contribution in [2.24, 2.45) is 0 Å². The Morgan fingerprint density at radius 2 is 1.69 bits per heavy atom. The molecule has 1 amide bonds. The van der Waals surface area contributed by atoms with E-state index < -0.39 is 0 Å². The second-order valence-electron chi connectivity index (χ2n) is 6.70. The topological polar surface area (TPSA) is 68.8 Å². The highest BCUT2D eigenvalue weighted by Crippen LogP contribution is 2.34. The van der Waals surface area contributed by atoms with Crippen LogP contribution in [0.3, 0.4) is 0 Å². The zero-order valence-corrected chi connectivity index (χ0v) is 17.6. The van der Waals surface area contributed by atoms with Crippen LogP contribution in [0.5, 0.6) is 17.2 Å². The summed E-state index contributed by atoms with van der Waals surface area (Å²) >= 11 is 0. The summed E-state index contributed by atoms with van der Waals surface area (Å²) in [6.45, 7) is 2.05. The lowest BCUT2D eigenvalue weighted by molar-refractivity contribution is -0.120. The molecule has 0 aliphatic rings. The number of carbonyl (C=O) groups excluding carboxylic acids is 1. The zero-order valence-electron chi connectivity index (χ0n) is 17.6. The van der Waals surface area contributed by atoms with E-state index in [4.69, 9.17) is 14.2 Å². The molecule has 0 atom stereocenters. The lowest BCUT2D eigenvalue weighted by atomic mass is 10.1. The van der Waals surface area contributed by atoms with E-state index >= 15 is 0 Å². The van der Waals surface area contributed by atoms with E-state index in [1.54, 1.807) is 21.3 Å². The van der Waals surface area contributed by atoms with Crippen LogP contribution >= 0.6 is 0 Å². The number of ether oxygens (including phenoxy) is 3. The largest absolute Gasteiger partial charge is 0.496 e. The molecule has 158 valence electrons. The van der Waals surface area contributed by atoms with E-state index in [9.17, 15) is 4.79 Å². The third kappa shape index (κ3) is 7.66. The molecule has 0 saturated heterocycles. The van der Waals surface area contributed by atoms with Crippen LogP contribution in [0, 0.1) is 0 Å². The number of carbonyl (C=O) groups is 1. The minimum atomic E-state index is 0.0532. The minimum Gasteiger partial charge on any atom is -0.496 e. The standard InChI is InChI=1S/C23H32N2O4/c1-24-23(26)11-7-8-14-29-19-15-21(27-2)20(22(16-19)28-3)17-25-13-12-18-9-5-4-6-10-18/h4-6,9-10,15-16,25H,7-8,11-14,17H2,1-3H3,(H,24,26). The first kappa shape index (κ1) is 22.6. The molecule has 0 spiro atoms. The summed E-state index contributed by atoms with van der Waals surface area (Å²) < 4.78 is 17.0. The predicted octanol–water partition coefficient (Wildman–Crippen LogP) is 3.33. The van der Waals surface area contributed by atoms with Crippen molar-refractivity contribution in [3.8, 4) is 17.2 Å². The summed E-state index contributed by atoms with van der Waals surface area (Å²) in [4.78, 5) is 11.2. The second kappa shape index (κ2) is 12.7. The minimum absolute atomic E-state index is 0.0532. The molecule has 2 aromatic carbocycles.